The Bertz CT molecular complexity index is 3.25. The molecule has 0 rings (SSSR count). The molecule has 3 nitrogen and oxygen atoms in total. The third-order valence-electron chi connectivity index (χ3n) is 0. The van der Waals surface area contributed by atoms with Gasteiger partial charge in [0, 0.05) is 0 Å². The Morgan fingerprint density at radius 3 is 0.500 bits per heavy atom. The summed E-state index contributed by atoms with van der Waals surface area (Å²) in [4.78, 5) is 0. The second-order valence-corrected chi connectivity index (χ2v) is 0. The molecule has 0 bridgehead atoms. The zero-order valence-corrected chi connectivity index (χ0v) is 3.18. The summed E-state index contributed by atoms with van der Waals surface area (Å²) in [5, 5.41) is 0. The summed E-state index contributed by atoms with van der Waals surface area (Å²) in [6.07, 6.45) is 0. The first-order chi connectivity index (χ1) is 0. The maximum absolute atomic E-state index is 0. The van der Waals surface area contributed by atoms with Crippen LogP contribution in [0.4, 0.5) is 0 Å². The normalized spacial score (nSPS) is 0. The van der Waals surface area contributed by atoms with Crippen LogP contribution in [0.2, 0.25) is 0 Å². The minimum absolute atomic E-state index is 0. The van der Waals surface area contributed by atoms with Crippen molar-refractivity contribution < 1.29 is 33.8 Å². The molecule has 0 amide bonds. The Labute approximate surface area is 34.7 Å². The molecule has 0 aliphatic carbocycles. The van der Waals surface area contributed by atoms with E-state index in [1.807, 2.05) is 0 Å². The van der Waals surface area contributed by atoms with E-state index in [9.17, 15) is 0 Å². The van der Waals surface area contributed by atoms with Gasteiger partial charge < -0.3 is 16.4 Å². The van der Waals surface area contributed by atoms with Crippen LogP contribution < -0.4 is 0 Å². The van der Waals surface area contributed by atoms with Gasteiger partial charge in [-0.05, 0) is 0 Å². The molecule has 0 aromatic carbocycles. The number of hydrogen-bond acceptors (Lipinski definition) is 0. The average Bonchev–Trinajstić information content (AvgIpc) is 0. The van der Waals surface area contributed by atoms with E-state index in [1.54, 1.807) is 0 Å². The second-order valence-electron chi connectivity index (χ2n) is 0. The molecule has 0 unspecified atom stereocenters. The maximum atomic E-state index is 0. The van der Waals surface area contributed by atoms with Crippen molar-refractivity contribution in [3.63, 3.8) is 0 Å². The van der Waals surface area contributed by atoms with Crippen LogP contribution in [-0.2, 0) is 17.4 Å². The van der Waals surface area contributed by atoms with Crippen LogP contribution in [0.5, 0.6) is 0 Å². The van der Waals surface area contributed by atoms with E-state index < -0.39 is 0 Å². The van der Waals surface area contributed by atoms with Crippen molar-refractivity contribution in [3.05, 3.63) is 0 Å². The van der Waals surface area contributed by atoms with Gasteiger partial charge in [-0.3, -0.25) is 0 Å². The van der Waals surface area contributed by atoms with Crippen LogP contribution >= 0.6 is 0 Å². The summed E-state index contributed by atoms with van der Waals surface area (Å²) in [5.41, 5.74) is 0. The van der Waals surface area contributed by atoms with E-state index in [-0.39, 0.29) is 33.8 Å². The topological polar surface area (TPSA) is 94.5 Å². The van der Waals surface area contributed by atoms with E-state index in [1.165, 1.54) is 0 Å². The molecule has 1 radical (unpaired) electrons. The smallest absolute Gasteiger partial charge is 0.412 e. The molecule has 0 heterocycles. The van der Waals surface area contributed by atoms with Gasteiger partial charge in [0.25, 0.3) is 0 Å². The molecule has 0 saturated carbocycles. The monoisotopic (exact) mass is 106 g/mol. The third-order valence-corrected chi connectivity index (χ3v) is 0. The molecule has 0 aromatic rings. The Balaban J connectivity index is 0. The van der Waals surface area contributed by atoms with Crippen LogP contribution in [0.15, 0.2) is 0 Å². The number of hydrogen-bond donors (Lipinski definition) is 0. The predicted molar refractivity (Wildman–Crippen MR) is 10.8 cm³/mol. The largest absolute Gasteiger partial charge is 3.00 e. The first-order valence-corrected chi connectivity index (χ1v) is 0. The first kappa shape index (κ1) is 302. The van der Waals surface area contributed by atoms with Gasteiger partial charge in [-0.15, -0.1) is 0 Å². The summed E-state index contributed by atoms with van der Waals surface area (Å²) in [6.45, 7) is 0. The van der Waals surface area contributed by atoms with Gasteiger partial charge in [-0.25, -0.2) is 0 Å². The van der Waals surface area contributed by atoms with Crippen LogP contribution in [0.1, 0.15) is 0 Å². The summed E-state index contributed by atoms with van der Waals surface area (Å²) >= 11 is 0. The summed E-state index contributed by atoms with van der Waals surface area (Å²) in [6, 6.07) is 0. The second kappa shape index (κ2) is 117. The molecule has 0 saturated heterocycles. The first-order valence-electron chi connectivity index (χ1n) is 0. The molecule has 6 N–H and O–H groups in total. The van der Waals surface area contributed by atoms with Crippen molar-refractivity contribution >= 4 is 0 Å². The Morgan fingerprint density at radius 1 is 0.500 bits per heavy atom. The molecule has 0 spiro atoms. The van der Waals surface area contributed by atoms with Crippen molar-refractivity contribution in [1.29, 1.82) is 0 Å². The van der Waals surface area contributed by atoms with Crippen molar-refractivity contribution in [1.82, 2.24) is 0 Å². The Kier molecular flexibility index (Phi) is 8810. The molecular formula is H6CrO3+3. The van der Waals surface area contributed by atoms with E-state index in [2.05, 4.69) is 0 Å². The van der Waals surface area contributed by atoms with Gasteiger partial charge in [-0.1, -0.05) is 0 Å². The minimum atomic E-state index is 0. The van der Waals surface area contributed by atoms with Gasteiger partial charge >= 0.3 is 17.4 Å². The predicted octanol–water partition coefficient (Wildman–Crippen LogP) is -2.48. The molecule has 4 heavy (non-hydrogen) atoms. The van der Waals surface area contributed by atoms with Crippen LogP contribution in [-0.4, -0.2) is 16.4 Å². The minimum Gasteiger partial charge on any atom is -0.412 e. The maximum Gasteiger partial charge on any atom is 3.00 e. The van der Waals surface area contributed by atoms with Gasteiger partial charge in [-0.2, -0.15) is 0 Å². The molecule has 27 valence electrons. The van der Waals surface area contributed by atoms with Crippen LogP contribution in [0, 0.1) is 0 Å². The molecule has 0 aliphatic heterocycles. The van der Waals surface area contributed by atoms with Crippen molar-refractivity contribution in [2.75, 3.05) is 0 Å². The van der Waals surface area contributed by atoms with E-state index in [0.717, 1.165) is 0 Å². The molecule has 0 atom stereocenters. The summed E-state index contributed by atoms with van der Waals surface area (Å²) in [5.74, 6) is 0. The zero-order valence-electron chi connectivity index (χ0n) is 1.91. The Hall–Kier alpha value is 0.412. The van der Waals surface area contributed by atoms with Gasteiger partial charge in [0.05, 0.1) is 0 Å². The van der Waals surface area contributed by atoms with Crippen LogP contribution in [0.3, 0.4) is 0 Å². The molecular weight excluding hydrogens is 100.0 g/mol. The van der Waals surface area contributed by atoms with Gasteiger partial charge in [0.15, 0.2) is 0 Å². The fourth-order valence-corrected chi connectivity index (χ4v) is 0. The molecule has 0 fully saturated rings. The van der Waals surface area contributed by atoms with E-state index in [4.69, 9.17) is 0 Å². The summed E-state index contributed by atoms with van der Waals surface area (Å²) in [7, 11) is 0. The van der Waals surface area contributed by atoms with Gasteiger partial charge in [0.2, 0.25) is 0 Å². The molecule has 0 aromatic heterocycles. The van der Waals surface area contributed by atoms with Crippen molar-refractivity contribution in [2.24, 2.45) is 0 Å². The fourth-order valence-electron chi connectivity index (χ4n) is 0. The Morgan fingerprint density at radius 2 is 0.500 bits per heavy atom. The standard InChI is InChI=1S/Cr.3H2O/h;3*1H2/q+3;;;. The third kappa shape index (κ3) is 28.3. The summed E-state index contributed by atoms with van der Waals surface area (Å²) < 4.78 is 0. The number of rotatable bonds is 0. The van der Waals surface area contributed by atoms with E-state index in [0.29, 0.717) is 0 Å². The molecule has 0 aliphatic rings. The van der Waals surface area contributed by atoms with Crippen LogP contribution in [0.25, 0.3) is 0 Å². The van der Waals surface area contributed by atoms with Crippen molar-refractivity contribution in [2.45, 2.75) is 0 Å². The van der Waals surface area contributed by atoms with E-state index >= 15 is 0 Å². The fraction of sp³-hybridized carbons (Fsp3) is 0. The quantitative estimate of drug-likeness (QED) is 0.327. The SMILES string of the molecule is O.O.O.[Cr+3]. The van der Waals surface area contributed by atoms with Gasteiger partial charge in [0.1, 0.15) is 0 Å². The zero-order chi connectivity index (χ0) is 0. The average molecular weight is 106 g/mol. The molecule has 4 heteroatoms. The van der Waals surface area contributed by atoms with Crippen molar-refractivity contribution in [3.8, 4) is 0 Å².